The van der Waals surface area contributed by atoms with Crippen LogP contribution in [0.5, 0.6) is 0 Å². The molecule has 0 saturated carbocycles. The van der Waals surface area contributed by atoms with Gasteiger partial charge in [0.25, 0.3) is 0 Å². The zero-order valence-electron chi connectivity index (χ0n) is 15.3. The number of aryl methyl sites for hydroxylation is 3. The molecular weight excluding hydrogens is 318 g/mol. The quantitative estimate of drug-likeness (QED) is 0.491. The number of pyridine rings is 1. The number of nitrogens with zero attached hydrogens (tertiary/aromatic N) is 3. The van der Waals surface area contributed by atoms with E-state index >= 15 is 0 Å². The van der Waals surface area contributed by atoms with Crippen LogP contribution in [-0.2, 0) is 0 Å². The van der Waals surface area contributed by atoms with E-state index in [2.05, 4.69) is 71.9 Å². The Balaban J connectivity index is 2.09. The van der Waals surface area contributed by atoms with E-state index < -0.39 is 0 Å². The molecular formula is C23H21N3. The molecule has 0 atom stereocenters. The van der Waals surface area contributed by atoms with E-state index in [-0.39, 0.29) is 0 Å². The predicted octanol–water partition coefficient (Wildman–Crippen LogP) is 5.53. The zero-order valence-corrected chi connectivity index (χ0v) is 15.3. The normalized spacial score (nSPS) is 10.9. The van der Waals surface area contributed by atoms with Crippen molar-refractivity contribution in [1.29, 1.82) is 0 Å². The van der Waals surface area contributed by atoms with Crippen molar-refractivity contribution in [3.8, 4) is 28.1 Å². The third-order valence-corrected chi connectivity index (χ3v) is 4.72. The first-order valence-electron chi connectivity index (χ1n) is 8.77. The molecule has 0 aliphatic rings. The summed E-state index contributed by atoms with van der Waals surface area (Å²) in [5, 5.41) is 0. The third-order valence-electron chi connectivity index (χ3n) is 4.72. The van der Waals surface area contributed by atoms with Crippen LogP contribution < -0.4 is 0 Å². The minimum absolute atomic E-state index is 0.960. The number of benzene rings is 2. The standard InChI is InChI=1S/C23H21N3/c1-16-9-10-17(2)20(15-16)22-21(26-14-13-24-18(26)3)11-12-25-23(22)19-7-5-4-6-8-19/h4-15H,1-3H3. The van der Waals surface area contributed by atoms with Gasteiger partial charge in [0.1, 0.15) is 5.82 Å². The van der Waals surface area contributed by atoms with E-state index in [0.717, 1.165) is 28.3 Å². The van der Waals surface area contributed by atoms with E-state index in [1.54, 1.807) is 0 Å². The van der Waals surface area contributed by atoms with Gasteiger partial charge >= 0.3 is 0 Å². The average molecular weight is 339 g/mol. The first-order valence-corrected chi connectivity index (χ1v) is 8.77. The molecule has 0 amide bonds. The third kappa shape index (κ3) is 2.82. The molecule has 4 rings (SSSR count). The summed E-state index contributed by atoms with van der Waals surface area (Å²) >= 11 is 0. The van der Waals surface area contributed by atoms with Crippen LogP contribution in [-0.4, -0.2) is 14.5 Å². The second-order valence-electron chi connectivity index (χ2n) is 6.58. The van der Waals surface area contributed by atoms with Gasteiger partial charge in [0.2, 0.25) is 0 Å². The van der Waals surface area contributed by atoms with E-state index in [9.17, 15) is 0 Å². The fourth-order valence-corrected chi connectivity index (χ4v) is 3.37. The second-order valence-corrected chi connectivity index (χ2v) is 6.58. The maximum atomic E-state index is 4.76. The molecule has 2 heterocycles. The van der Waals surface area contributed by atoms with E-state index in [0.29, 0.717) is 0 Å². The van der Waals surface area contributed by atoms with Crippen LogP contribution in [0, 0.1) is 20.8 Å². The van der Waals surface area contributed by atoms with Gasteiger partial charge in [-0.15, -0.1) is 0 Å². The molecule has 128 valence electrons. The molecule has 0 radical (unpaired) electrons. The van der Waals surface area contributed by atoms with Crippen molar-refractivity contribution in [3.63, 3.8) is 0 Å². The van der Waals surface area contributed by atoms with Crippen LogP contribution >= 0.6 is 0 Å². The highest BCUT2D eigenvalue weighted by atomic mass is 15.1. The fourth-order valence-electron chi connectivity index (χ4n) is 3.37. The Bertz CT molecular complexity index is 1060. The van der Waals surface area contributed by atoms with Gasteiger partial charge in [-0.2, -0.15) is 0 Å². The molecule has 0 saturated heterocycles. The first kappa shape index (κ1) is 16.3. The Kier molecular flexibility index (Phi) is 4.13. The number of rotatable bonds is 3. The topological polar surface area (TPSA) is 30.7 Å². The van der Waals surface area contributed by atoms with Crippen LogP contribution in [0.25, 0.3) is 28.1 Å². The molecule has 0 spiro atoms. The highest BCUT2D eigenvalue weighted by molar-refractivity contribution is 5.88. The van der Waals surface area contributed by atoms with E-state index in [4.69, 9.17) is 4.98 Å². The molecule has 0 N–H and O–H groups in total. The lowest BCUT2D eigenvalue weighted by Crippen LogP contribution is -2.02. The van der Waals surface area contributed by atoms with Gasteiger partial charge < -0.3 is 4.57 Å². The van der Waals surface area contributed by atoms with Crippen LogP contribution in [0.15, 0.2) is 73.2 Å². The Morgan fingerprint density at radius 2 is 1.62 bits per heavy atom. The Hall–Kier alpha value is -3.20. The number of hydrogen-bond acceptors (Lipinski definition) is 2. The summed E-state index contributed by atoms with van der Waals surface area (Å²) < 4.78 is 2.13. The van der Waals surface area contributed by atoms with Crippen molar-refractivity contribution in [3.05, 3.63) is 90.1 Å². The Morgan fingerprint density at radius 1 is 0.808 bits per heavy atom. The van der Waals surface area contributed by atoms with Crippen molar-refractivity contribution in [2.45, 2.75) is 20.8 Å². The Labute approximate surface area is 154 Å². The van der Waals surface area contributed by atoms with Gasteiger partial charge in [-0.3, -0.25) is 4.98 Å². The van der Waals surface area contributed by atoms with Crippen molar-refractivity contribution in [2.24, 2.45) is 0 Å². The molecule has 26 heavy (non-hydrogen) atoms. The van der Waals surface area contributed by atoms with Crippen molar-refractivity contribution in [2.75, 3.05) is 0 Å². The second kappa shape index (κ2) is 6.60. The van der Waals surface area contributed by atoms with E-state index in [1.807, 2.05) is 31.6 Å². The SMILES string of the molecule is Cc1ccc(C)c(-c2c(-n3ccnc3C)ccnc2-c2ccccc2)c1. The first-order chi connectivity index (χ1) is 12.6. The number of aromatic nitrogens is 3. The molecule has 0 aliphatic heterocycles. The molecule has 2 aromatic heterocycles. The molecule has 4 aromatic rings. The largest absolute Gasteiger partial charge is 0.303 e. The van der Waals surface area contributed by atoms with Gasteiger partial charge in [0.15, 0.2) is 0 Å². The summed E-state index contributed by atoms with van der Waals surface area (Å²) in [7, 11) is 0. The summed E-state index contributed by atoms with van der Waals surface area (Å²) in [6.45, 7) is 6.31. The summed E-state index contributed by atoms with van der Waals surface area (Å²) in [6, 6.07) is 19.0. The van der Waals surface area contributed by atoms with Crippen LogP contribution in [0.1, 0.15) is 17.0 Å². The van der Waals surface area contributed by atoms with Gasteiger partial charge in [-0.25, -0.2) is 4.98 Å². The lowest BCUT2D eigenvalue weighted by Gasteiger charge is -2.18. The van der Waals surface area contributed by atoms with Crippen molar-refractivity contribution < 1.29 is 0 Å². The minimum atomic E-state index is 0.960. The Morgan fingerprint density at radius 3 is 2.35 bits per heavy atom. The summed E-state index contributed by atoms with van der Waals surface area (Å²) in [4.78, 5) is 9.18. The van der Waals surface area contributed by atoms with E-state index in [1.165, 1.54) is 16.7 Å². The molecule has 0 bridgehead atoms. The number of hydrogen-bond donors (Lipinski definition) is 0. The van der Waals surface area contributed by atoms with Gasteiger partial charge in [-0.1, -0.05) is 54.1 Å². The molecule has 0 aliphatic carbocycles. The summed E-state index contributed by atoms with van der Waals surface area (Å²) in [5.74, 6) is 0.960. The van der Waals surface area contributed by atoms with Gasteiger partial charge in [0.05, 0.1) is 11.4 Å². The number of imidazole rings is 1. The minimum Gasteiger partial charge on any atom is -0.303 e. The maximum Gasteiger partial charge on any atom is 0.110 e. The summed E-state index contributed by atoms with van der Waals surface area (Å²) in [5.41, 5.74) is 8.03. The van der Waals surface area contributed by atoms with Crippen LogP contribution in [0.3, 0.4) is 0 Å². The zero-order chi connectivity index (χ0) is 18.1. The van der Waals surface area contributed by atoms with Crippen LogP contribution in [0.4, 0.5) is 0 Å². The molecule has 3 heteroatoms. The van der Waals surface area contributed by atoms with Crippen molar-refractivity contribution in [1.82, 2.24) is 14.5 Å². The summed E-state index contributed by atoms with van der Waals surface area (Å²) in [6.07, 6.45) is 5.73. The average Bonchev–Trinajstić information content (AvgIpc) is 3.10. The predicted molar refractivity (Wildman–Crippen MR) is 106 cm³/mol. The molecule has 3 nitrogen and oxygen atoms in total. The monoisotopic (exact) mass is 339 g/mol. The van der Waals surface area contributed by atoms with Gasteiger partial charge in [-0.05, 0) is 38.0 Å². The molecule has 0 unspecified atom stereocenters. The van der Waals surface area contributed by atoms with Crippen LogP contribution in [0.2, 0.25) is 0 Å². The smallest absolute Gasteiger partial charge is 0.110 e. The highest BCUT2D eigenvalue weighted by Crippen LogP contribution is 2.37. The lowest BCUT2D eigenvalue weighted by molar-refractivity contribution is 0.972. The molecule has 2 aromatic carbocycles. The maximum absolute atomic E-state index is 4.76. The lowest BCUT2D eigenvalue weighted by atomic mass is 9.93. The highest BCUT2D eigenvalue weighted by Gasteiger charge is 2.17. The van der Waals surface area contributed by atoms with Gasteiger partial charge in [0, 0.05) is 29.7 Å². The molecule has 0 fully saturated rings. The fraction of sp³-hybridized carbons (Fsp3) is 0.130. The van der Waals surface area contributed by atoms with Crippen molar-refractivity contribution >= 4 is 0 Å².